The summed E-state index contributed by atoms with van der Waals surface area (Å²) < 4.78 is 15.3. The van der Waals surface area contributed by atoms with Gasteiger partial charge in [0.05, 0.1) is 19.4 Å². The molecule has 1 N–H and O–H groups in total. The quantitative estimate of drug-likeness (QED) is 0.397. The fourth-order valence-electron chi connectivity index (χ4n) is 2.17. The van der Waals surface area contributed by atoms with Gasteiger partial charge in [-0.3, -0.25) is 9.59 Å². The molecule has 2 saturated heterocycles. The first kappa shape index (κ1) is 14.5. The minimum Gasteiger partial charge on any atom is -0.481 e. The highest BCUT2D eigenvalue weighted by Crippen LogP contribution is 2.37. The Morgan fingerprint density at radius 3 is 2.80 bits per heavy atom. The number of aliphatic carboxylic acids is 1. The van der Waals surface area contributed by atoms with Crippen molar-refractivity contribution in [1.82, 2.24) is 0 Å². The maximum atomic E-state index is 11.4. The van der Waals surface area contributed by atoms with Crippen LogP contribution in [-0.4, -0.2) is 47.4 Å². The topological polar surface area (TPSA) is 134 Å². The van der Waals surface area contributed by atoms with E-state index in [2.05, 4.69) is 4.84 Å². The van der Waals surface area contributed by atoms with Crippen molar-refractivity contribution in [2.45, 2.75) is 37.9 Å². The van der Waals surface area contributed by atoms with E-state index in [1.165, 1.54) is 0 Å². The Bertz CT molecular complexity index is 412. The number of rotatable bonds is 6. The molecule has 0 aromatic carbocycles. The Balaban J connectivity index is 1.93. The number of hydrogen-bond donors (Lipinski definition) is 1. The standard InChI is InChI=1S/C10H13NO9/c12-6(13)1-2-7(14)18-10-8(20-11(15)16)5-3-4-17-9(5)19-10/h5,8-10H,1-4H2,(H,12,13)/t5-,8-,9-,10+/m1/s1. The Morgan fingerprint density at radius 1 is 1.40 bits per heavy atom. The van der Waals surface area contributed by atoms with E-state index >= 15 is 0 Å². The van der Waals surface area contributed by atoms with Gasteiger partial charge in [-0.1, -0.05) is 0 Å². The fraction of sp³-hybridized carbons (Fsp3) is 0.800. The zero-order valence-corrected chi connectivity index (χ0v) is 10.3. The lowest BCUT2D eigenvalue weighted by atomic mass is 10.0. The highest BCUT2D eigenvalue weighted by molar-refractivity contribution is 5.76. The maximum absolute atomic E-state index is 11.4. The first-order chi connectivity index (χ1) is 9.47. The first-order valence-electron chi connectivity index (χ1n) is 5.97. The summed E-state index contributed by atoms with van der Waals surface area (Å²) in [6, 6.07) is 0. The molecule has 2 rings (SSSR count). The first-order valence-corrected chi connectivity index (χ1v) is 5.97. The maximum Gasteiger partial charge on any atom is 0.308 e. The summed E-state index contributed by atoms with van der Waals surface area (Å²) in [6.45, 7) is 0.382. The lowest BCUT2D eigenvalue weighted by Gasteiger charge is -2.19. The van der Waals surface area contributed by atoms with E-state index in [-0.39, 0.29) is 6.42 Å². The van der Waals surface area contributed by atoms with E-state index in [4.69, 9.17) is 19.3 Å². The van der Waals surface area contributed by atoms with Gasteiger partial charge in [-0.15, -0.1) is 10.1 Å². The molecule has 112 valence electrons. The number of carboxylic acids is 1. The molecule has 4 atom stereocenters. The van der Waals surface area contributed by atoms with Crippen molar-refractivity contribution in [3.05, 3.63) is 10.1 Å². The van der Waals surface area contributed by atoms with Gasteiger partial charge in [-0.05, 0) is 6.42 Å². The third-order valence-corrected chi connectivity index (χ3v) is 3.04. The molecule has 0 spiro atoms. The number of ether oxygens (including phenoxy) is 3. The van der Waals surface area contributed by atoms with Gasteiger partial charge < -0.3 is 24.2 Å². The van der Waals surface area contributed by atoms with Crippen molar-refractivity contribution in [2.75, 3.05) is 6.61 Å². The minimum atomic E-state index is -1.27. The van der Waals surface area contributed by atoms with Crippen LogP contribution in [0.3, 0.4) is 0 Å². The summed E-state index contributed by atoms with van der Waals surface area (Å²) in [5.41, 5.74) is 0. The van der Waals surface area contributed by atoms with Gasteiger partial charge in [0.1, 0.15) is 0 Å². The van der Waals surface area contributed by atoms with Crippen molar-refractivity contribution in [1.29, 1.82) is 0 Å². The fourth-order valence-corrected chi connectivity index (χ4v) is 2.17. The molecule has 10 nitrogen and oxygen atoms in total. The van der Waals surface area contributed by atoms with Crippen molar-refractivity contribution in [2.24, 2.45) is 5.92 Å². The molecule has 0 unspecified atom stereocenters. The Morgan fingerprint density at radius 2 is 2.15 bits per heavy atom. The molecule has 0 bridgehead atoms. The normalized spacial score (nSPS) is 31.6. The average Bonchev–Trinajstić information content (AvgIpc) is 2.90. The molecule has 0 aliphatic carbocycles. The molecule has 0 radical (unpaired) electrons. The molecule has 0 amide bonds. The lowest BCUT2D eigenvalue weighted by molar-refractivity contribution is -0.772. The molecule has 2 aliphatic heterocycles. The predicted molar refractivity (Wildman–Crippen MR) is 57.5 cm³/mol. The number of carbonyl (C=O) groups excluding carboxylic acids is 1. The Hall–Kier alpha value is -1.94. The molecule has 20 heavy (non-hydrogen) atoms. The average molecular weight is 291 g/mol. The van der Waals surface area contributed by atoms with Gasteiger partial charge in [0.25, 0.3) is 5.09 Å². The van der Waals surface area contributed by atoms with Crippen LogP contribution in [0.2, 0.25) is 0 Å². The van der Waals surface area contributed by atoms with Crippen LogP contribution in [0.5, 0.6) is 0 Å². The largest absolute Gasteiger partial charge is 0.481 e. The van der Waals surface area contributed by atoms with E-state index in [0.717, 1.165) is 0 Å². The van der Waals surface area contributed by atoms with Crippen LogP contribution in [-0.2, 0) is 28.6 Å². The van der Waals surface area contributed by atoms with Gasteiger partial charge in [-0.2, -0.15) is 0 Å². The van der Waals surface area contributed by atoms with Crippen molar-refractivity contribution in [3.8, 4) is 0 Å². The second kappa shape index (κ2) is 6.01. The van der Waals surface area contributed by atoms with Gasteiger partial charge in [0.15, 0.2) is 12.4 Å². The van der Waals surface area contributed by atoms with Gasteiger partial charge in [0, 0.05) is 5.92 Å². The third-order valence-electron chi connectivity index (χ3n) is 3.04. The van der Waals surface area contributed by atoms with Gasteiger partial charge >= 0.3 is 11.9 Å². The molecular formula is C10H13NO9. The summed E-state index contributed by atoms with van der Waals surface area (Å²) in [7, 11) is 0. The van der Waals surface area contributed by atoms with Crippen LogP contribution >= 0.6 is 0 Å². The van der Waals surface area contributed by atoms with E-state index in [1.807, 2.05) is 0 Å². The van der Waals surface area contributed by atoms with Crippen LogP contribution in [0.15, 0.2) is 0 Å². The van der Waals surface area contributed by atoms with Crippen molar-refractivity contribution < 1.29 is 38.8 Å². The number of nitrogens with zero attached hydrogens (tertiary/aromatic N) is 1. The van der Waals surface area contributed by atoms with E-state index in [0.29, 0.717) is 13.0 Å². The van der Waals surface area contributed by atoms with Gasteiger partial charge in [-0.25, -0.2) is 0 Å². The van der Waals surface area contributed by atoms with Crippen LogP contribution < -0.4 is 0 Å². The second-order valence-corrected chi connectivity index (χ2v) is 4.37. The molecule has 0 saturated carbocycles. The van der Waals surface area contributed by atoms with Crippen LogP contribution in [0.25, 0.3) is 0 Å². The zero-order chi connectivity index (χ0) is 14.7. The molecule has 2 aliphatic rings. The Labute approximate surface area is 112 Å². The van der Waals surface area contributed by atoms with E-state index in [1.54, 1.807) is 0 Å². The SMILES string of the molecule is O=C(O)CCC(=O)O[C@H]1O[C@H]2OCC[C@@H]2[C@H]1O[N+](=O)[O-]. The van der Waals surface area contributed by atoms with Crippen LogP contribution in [0, 0.1) is 16.0 Å². The van der Waals surface area contributed by atoms with Crippen LogP contribution in [0.1, 0.15) is 19.3 Å². The Kier molecular flexibility index (Phi) is 4.35. The minimum absolute atomic E-state index is 0.351. The van der Waals surface area contributed by atoms with Crippen LogP contribution in [0.4, 0.5) is 0 Å². The lowest BCUT2D eigenvalue weighted by Crippen LogP contribution is -2.35. The van der Waals surface area contributed by atoms with Gasteiger partial charge in [0.2, 0.25) is 6.29 Å². The third kappa shape index (κ3) is 3.33. The molecule has 0 aromatic rings. The predicted octanol–water partition coefficient (Wildman–Crippen LogP) is -0.310. The van der Waals surface area contributed by atoms with Crippen molar-refractivity contribution >= 4 is 11.9 Å². The number of hydrogen-bond acceptors (Lipinski definition) is 8. The molecule has 10 heteroatoms. The summed E-state index contributed by atoms with van der Waals surface area (Å²) in [5, 5.41) is 17.9. The highest BCUT2D eigenvalue weighted by atomic mass is 17.0. The van der Waals surface area contributed by atoms with E-state index in [9.17, 15) is 19.7 Å². The summed E-state index contributed by atoms with van der Waals surface area (Å²) in [5.74, 6) is -2.36. The number of carboxylic acid groups (broad SMARTS) is 1. The zero-order valence-electron chi connectivity index (χ0n) is 10.3. The van der Waals surface area contributed by atoms with Crippen molar-refractivity contribution in [3.63, 3.8) is 0 Å². The molecule has 2 fully saturated rings. The molecular weight excluding hydrogens is 278 g/mol. The number of carbonyl (C=O) groups is 2. The number of fused-ring (bicyclic) bond motifs is 1. The second-order valence-electron chi connectivity index (χ2n) is 4.37. The summed E-state index contributed by atoms with van der Waals surface area (Å²) in [6.07, 6.45) is -3.29. The number of esters is 1. The monoisotopic (exact) mass is 291 g/mol. The highest BCUT2D eigenvalue weighted by Gasteiger charge is 2.52. The molecule has 0 aromatic heterocycles. The smallest absolute Gasteiger partial charge is 0.308 e. The van der Waals surface area contributed by atoms with E-state index < -0.39 is 48.0 Å². The summed E-state index contributed by atoms with van der Waals surface area (Å²) >= 11 is 0. The summed E-state index contributed by atoms with van der Waals surface area (Å²) in [4.78, 5) is 36.7. The molecule has 2 heterocycles.